The van der Waals surface area contributed by atoms with Crippen molar-refractivity contribution in [3.05, 3.63) is 35.1 Å². The van der Waals surface area contributed by atoms with Crippen molar-refractivity contribution >= 4 is 0 Å². The summed E-state index contributed by atoms with van der Waals surface area (Å²) in [6.45, 7) is 2.20. The summed E-state index contributed by atoms with van der Waals surface area (Å²) in [6.07, 6.45) is 11.5. The van der Waals surface area contributed by atoms with Crippen molar-refractivity contribution in [2.75, 3.05) is 0 Å². The number of fused-ring (bicyclic) bond motifs is 5. The number of halogens is 1. The Morgan fingerprint density at radius 2 is 2.09 bits per heavy atom. The van der Waals surface area contributed by atoms with Gasteiger partial charge in [-0.3, -0.25) is 0 Å². The summed E-state index contributed by atoms with van der Waals surface area (Å²) in [7, 11) is 0. The summed E-state index contributed by atoms with van der Waals surface area (Å²) in [5.74, 6) is 4.17. The Labute approximate surface area is 131 Å². The zero-order valence-electron chi connectivity index (χ0n) is 13.1. The standard InChI is InChI=1S/C20H23FO/c1-3-20(22)11-9-18-17-6-4-13-12-14(21)5-7-15(13)16(17)8-10-19(18,20)2/h1,5,7,12,16-18,22H,4,6,8-11H2,2H3. The molecular formula is C20H23FO. The van der Waals surface area contributed by atoms with Crippen LogP contribution in [0.4, 0.5) is 4.39 Å². The highest BCUT2D eigenvalue weighted by molar-refractivity contribution is 5.36. The molecule has 0 radical (unpaired) electrons. The maximum Gasteiger partial charge on any atom is 0.130 e. The first-order valence-electron chi connectivity index (χ1n) is 8.47. The molecule has 22 heavy (non-hydrogen) atoms. The molecule has 0 bridgehead atoms. The van der Waals surface area contributed by atoms with Crippen LogP contribution < -0.4 is 0 Å². The van der Waals surface area contributed by atoms with E-state index in [1.165, 1.54) is 11.1 Å². The predicted molar refractivity (Wildman–Crippen MR) is 84.8 cm³/mol. The number of rotatable bonds is 0. The first-order chi connectivity index (χ1) is 10.5. The molecule has 3 aliphatic carbocycles. The van der Waals surface area contributed by atoms with Crippen LogP contribution in [0.15, 0.2) is 18.2 Å². The fraction of sp³-hybridized carbons (Fsp3) is 0.600. The smallest absolute Gasteiger partial charge is 0.130 e. The highest BCUT2D eigenvalue weighted by Crippen LogP contribution is 2.64. The molecule has 3 aliphatic rings. The molecule has 0 amide bonds. The van der Waals surface area contributed by atoms with E-state index in [9.17, 15) is 9.50 Å². The Kier molecular flexibility index (Phi) is 2.97. The van der Waals surface area contributed by atoms with E-state index in [-0.39, 0.29) is 11.2 Å². The third-order valence-electron chi connectivity index (χ3n) is 7.08. The lowest BCUT2D eigenvalue weighted by molar-refractivity contribution is -0.0647. The molecule has 1 aromatic rings. The van der Waals surface area contributed by atoms with E-state index in [4.69, 9.17) is 6.42 Å². The number of benzene rings is 1. The number of aliphatic hydroxyl groups is 1. The summed E-state index contributed by atoms with van der Waals surface area (Å²) in [5, 5.41) is 10.9. The number of hydrogen-bond donors (Lipinski definition) is 1. The molecule has 1 N–H and O–H groups in total. The molecule has 2 fully saturated rings. The lowest BCUT2D eigenvalue weighted by Gasteiger charge is -2.52. The van der Waals surface area contributed by atoms with Crippen LogP contribution in [-0.2, 0) is 6.42 Å². The average Bonchev–Trinajstić information content (AvgIpc) is 2.79. The van der Waals surface area contributed by atoms with Crippen molar-refractivity contribution < 1.29 is 9.50 Å². The normalized spacial score (nSPS) is 42.9. The Morgan fingerprint density at radius 3 is 2.86 bits per heavy atom. The van der Waals surface area contributed by atoms with Crippen molar-refractivity contribution in [2.24, 2.45) is 17.3 Å². The second-order valence-corrected chi connectivity index (χ2v) is 7.76. The lowest BCUT2D eigenvalue weighted by Crippen LogP contribution is -2.50. The minimum Gasteiger partial charge on any atom is -0.377 e. The van der Waals surface area contributed by atoms with Gasteiger partial charge in [-0.25, -0.2) is 4.39 Å². The van der Waals surface area contributed by atoms with Gasteiger partial charge in [0.1, 0.15) is 11.4 Å². The van der Waals surface area contributed by atoms with Gasteiger partial charge in [-0.2, -0.15) is 0 Å². The Bertz CT molecular complexity index is 660. The fourth-order valence-electron chi connectivity index (χ4n) is 5.80. The fourth-order valence-corrected chi connectivity index (χ4v) is 5.80. The summed E-state index contributed by atoms with van der Waals surface area (Å²) in [4.78, 5) is 0. The number of aryl methyl sites for hydroxylation is 1. The van der Waals surface area contributed by atoms with Crippen molar-refractivity contribution in [1.82, 2.24) is 0 Å². The minimum absolute atomic E-state index is 0.125. The molecule has 0 aromatic heterocycles. The summed E-state index contributed by atoms with van der Waals surface area (Å²) >= 11 is 0. The van der Waals surface area contributed by atoms with Crippen LogP contribution in [-0.4, -0.2) is 10.7 Å². The highest BCUT2D eigenvalue weighted by atomic mass is 19.1. The quantitative estimate of drug-likeness (QED) is 0.717. The van der Waals surface area contributed by atoms with E-state index in [0.717, 1.165) is 38.5 Å². The Balaban J connectivity index is 1.72. The zero-order valence-corrected chi connectivity index (χ0v) is 13.1. The molecule has 0 spiro atoms. The van der Waals surface area contributed by atoms with Crippen molar-refractivity contribution in [2.45, 2.75) is 57.0 Å². The number of terminal acetylenes is 1. The van der Waals surface area contributed by atoms with Crippen molar-refractivity contribution in [3.63, 3.8) is 0 Å². The van der Waals surface area contributed by atoms with Gasteiger partial charge in [0.25, 0.3) is 0 Å². The molecule has 5 atom stereocenters. The van der Waals surface area contributed by atoms with Crippen LogP contribution in [0.1, 0.15) is 56.1 Å². The van der Waals surface area contributed by atoms with Gasteiger partial charge in [-0.05, 0) is 79.5 Å². The summed E-state index contributed by atoms with van der Waals surface area (Å²) in [6, 6.07) is 5.31. The van der Waals surface area contributed by atoms with Crippen molar-refractivity contribution in [3.8, 4) is 12.3 Å². The SMILES string of the molecule is C#CC1(O)CCC2C3CCc4cc(F)ccc4C3CCC21C. The minimum atomic E-state index is -0.939. The predicted octanol–water partition coefficient (Wildman–Crippen LogP) is 4.05. The van der Waals surface area contributed by atoms with Gasteiger partial charge >= 0.3 is 0 Å². The molecule has 1 aromatic carbocycles. The van der Waals surface area contributed by atoms with Gasteiger partial charge in [0.05, 0.1) is 0 Å². The van der Waals surface area contributed by atoms with Gasteiger partial charge in [0, 0.05) is 5.41 Å². The molecule has 2 saturated carbocycles. The first kappa shape index (κ1) is 14.3. The molecule has 1 nitrogen and oxygen atoms in total. The van der Waals surface area contributed by atoms with E-state index < -0.39 is 5.60 Å². The molecule has 116 valence electrons. The summed E-state index contributed by atoms with van der Waals surface area (Å²) in [5.41, 5.74) is 1.44. The van der Waals surface area contributed by atoms with Gasteiger partial charge in [0.2, 0.25) is 0 Å². The molecule has 0 saturated heterocycles. The van der Waals surface area contributed by atoms with E-state index in [0.29, 0.717) is 17.8 Å². The van der Waals surface area contributed by atoms with Crippen LogP contribution in [0.25, 0.3) is 0 Å². The van der Waals surface area contributed by atoms with Crippen LogP contribution in [0.2, 0.25) is 0 Å². The molecule has 0 heterocycles. The lowest BCUT2D eigenvalue weighted by atomic mass is 9.53. The molecule has 0 aliphatic heterocycles. The number of hydrogen-bond acceptors (Lipinski definition) is 1. The van der Waals surface area contributed by atoms with E-state index >= 15 is 0 Å². The summed E-state index contributed by atoms with van der Waals surface area (Å²) < 4.78 is 13.5. The maximum absolute atomic E-state index is 13.5. The molecular weight excluding hydrogens is 275 g/mol. The largest absolute Gasteiger partial charge is 0.377 e. The van der Waals surface area contributed by atoms with Crippen LogP contribution in [0, 0.1) is 35.4 Å². The van der Waals surface area contributed by atoms with E-state index in [1.807, 2.05) is 6.07 Å². The maximum atomic E-state index is 13.5. The zero-order chi connectivity index (χ0) is 15.5. The third-order valence-corrected chi connectivity index (χ3v) is 7.08. The van der Waals surface area contributed by atoms with Crippen LogP contribution in [0.5, 0.6) is 0 Å². The van der Waals surface area contributed by atoms with Gasteiger partial charge in [-0.15, -0.1) is 6.42 Å². The second kappa shape index (κ2) is 4.59. The monoisotopic (exact) mass is 298 g/mol. The Morgan fingerprint density at radius 1 is 1.27 bits per heavy atom. The van der Waals surface area contributed by atoms with Crippen molar-refractivity contribution in [1.29, 1.82) is 0 Å². The molecule has 4 rings (SSSR count). The molecule has 5 unspecified atom stereocenters. The highest BCUT2D eigenvalue weighted by Gasteiger charge is 2.61. The topological polar surface area (TPSA) is 20.2 Å². The van der Waals surface area contributed by atoms with Gasteiger partial charge in [-0.1, -0.05) is 18.9 Å². The second-order valence-electron chi connectivity index (χ2n) is 7.76. The van der Waals surface area contributed by atoms with E-state index in [1.54, 1.807) is 12.1 Å². The average molecular weight is 298 g/mol. The third kappa shape index (κ3) is 1.69. The van der Waals surface area contributed by atoms with Gasteiger partial charge in [0.15, 0.2) is 0 Å². The Hall–Kier alpha value is -1.33. The van der Waals surface area contributed by atoms with Gasteiger partial charge < -0.3 is 5.11 Å². The van der Waals surface area contributed by atoms with Crippen LogP contribution in [0.3, 0.4) is 0 Å². The van der Waals surface area contributed by atoms with E-state index in [2.05, 4.69) is 12.8 Å². The molecule has 2 heteroatoms. The first-order valence-corrected chi connectivity index (χ1v) is 8.47. The van der Waals surface area contributed by atoms with Crippen LogP contribution >= 0.6 is 0 Å².